The van der Waals surface area contributed by atoms with Crippen molar-refractivity contribution in [2.45, 2.75) is 25.4 Å². The molecule has 1 unspecified atom stereocenters. The molecular weight excluding hydrogens is 237 g/mol. The highest BCUT2D eigenvalue weighted by molar-refractivity contribution is 5.34. The van der Waals surface area contributed by atoms with Gasteiger partial charge in [0.05, 0.1) is 11.0 Å². The minimum atomic E-state index is -0.594. The number of benzene rings is 1. The molecule has 1 atom stereocenters. The average molecular weight is 253 g/mol. The summed E-state index contributed by atoms with van der Waals surface area (Å²) >= 11 is 0. The Balaban J connectivity index is 2.07. The van der Waals surface area contributed by atoms with Gasteiger partial charge < -0.3 is 5.73 Å². The Hall–Kier alpha value is -1.53. The van der Waals surface area contributed by atoms with Crippen LogP contribution in [0.4, 0.5) is 10.1 Å². The van der Waals surface area contributed by atoms with Gasteiger partial charge in [0.25, 0.3) is 5.69 Å². The maximum atomic E-state index is 13.7. The van der Waals surface area contributed by atoms with Crippen LogP contribution in [-0.2, 0) is 6.54 Å². The van der Waals surface area contributed by atoms with Crippen LogP contribution in [0.2, 0.25) is 0 Å². The van der Waals surface area contributed by atoms with Crippen molar-refractivity contribution >= 4 is 5.69 Å². The van der Waals surface area contributed by atoms with Crippen molar-refractivity contribution in [1.29, 1.82) is 0 Å². The zero-order valence-corrected chi connectivity index (χ0v) is 10.0. The van der Waals surface area contributed by atoms with E-state index in [1.165, 1.54) is 12.1 Å². The summed E-state index contributed by atoms with van der Waals surface area (Å²) in [6.45, 7) is 2.10. The normalized spacial score (nSPS) is 20.9. The van der Waals surface area contributed by atoms with Gasteiger partial charge in [0.15, 0.2) is 0 Å². The van der Waals surface area contributed by atoms with Crippen LogP contribution in [0.3, 0.4) is 0 Å². The molecular formula is C12H16FN3O2. The lowest BCUT2D eigenvalue weighted by atomic mass is 10.1. The molecule has 1 fully saturated rings. The van der Waals surface area contributed by atoms with Crippen LogP contribution in [0, 0.1) is 15.9 Å². The Bertz CT molecular complexity index is 453. The number of hydrogen-bond donors (Lipinski definition) is 1. The van der Waals surface area contributed by atoms with E-state index in [-0.39, 0.29) is 11.7 Å². The van der Waals surface area contributed by atoms with Gasteiger partial charge in [0.2, 0.25) is 0 Å². The van der Waals surface area contributed by atoms with Crippen LogP contribution in [0.1, 0.15) is 18.4 Å². The van der Waals surface area contributed by atoms with Crippen molar-refractivity contribution in [3.8, 4) is 0 Å². The number of nitro benzene ring substituents is 1. The standard InChI is InChI=1S/C12H16FN3O2/c13-12-6-11(16(17)18)4-3-9(12)7-15-5-1-2-10(14)8-15/h3-4,6,10H,1-2,5,7-8,14H2. The minimum absolute atomic E-state index is 0.139. The predicted octanol–water partition coefficient (Wildman–Crippen LogP) is 1.66. The molecule has 1 heterocycles. The average Bonchev–Trinajstić information content (AvgIpc) is 2.31. The fraction of sp³-hybridized carbons (Fsp3) is 0.500. The van der Waals surface area contributed by atoms with Gasteiger partial charge in [-0.15, -0.1) is 0 Å². The van der Waals surface area contributed by atoms with Gasteiger partial charge in [-0.2, -0.15) is 0 Å². The second kappa shape index (κ2) is 5.41. The number of piperidine rings is 1. The zero-order chi connectivity index (χ0) is 13.1. The molecule has 98 valence electrons. The summed E-state index contributed by atoms with van der Waals surface area (Å²) in [5, 5.41) is 10.5. The fourth-order valence-corrected chi connectivity index (χ4v) is 2.25. The summed E-state index contributed by atoms with van der Waals surface area (Å²) < 4.78 is 13.7. The molecule has 0 aliphatic carbocycles. The molecule has 0 bridgehead atoms. The molecule has 0 spiro atoms. The molecule has 2 rings (SSSR count). The highest BCUT2D eigenvalue weighted by Crippen LogP contribution is 2.19. The molecule has 2 N–H and O–H groups in total. The van der Waals surface area contributed by atoms with E-state index in [0.29, 0.717) is 12.1 Å². The quantitative estimate of drug-likeness (QED) is 0.656. The van der Waals surface area contributed by atoms with Crippen LogP contribution in [-0.4, -0.2) is 29.0 Å². The summed E-state index contributed by atoms with van der Waals surface area (Å²) in [5.74, 6) is -0.525. The Morgan fingerprint density at radius 2 is 2.33 bits per heavy atom. The number of likely N-dealkylation sites (tertiary alicyclic amines) is 1. The molecule has 5 nitrogen and oxygen atoms in total. The first-order valence-electron chi connectivity index (χ1n) is 5.97. The molecule has 0 radical (unpaired) electrons. The van der Waals surface area contributed by atoms with Crippen molar-refractivity contribution in [2.24, 2.45) is 5.73 Å². The Labute approximate surface area is 105 Å². The molecule has 18 heavy (non-hydrogen) atoms. The van der Waals surface area contributed by atoms with Gasteiger partial charge in [0.1, 0.15) is 5.82 Å². The van der Waals surface area contributed by atoms with E-state index in [9.17, 15) is 14.5 Å². The number of nitrogens with zero attached hydrogens (tertiary/aromatic N) is 2. The van der Waals surface area contributed by atoms with Crippen LogP contribution >= 0.6 is 0 Å². The van der Waals surface area contributed by atoms with Crippen molar-refractivity contribution in [2.75, 3.05) is 13.1 Å². The number of nitrogens with two attached hydrogens (primary N) is 1. The molecule has 1 saturated heterocycles. The third kappa shape index (κ3) is 3.02. The number of nitro groups is 1. The van der Waals surface area contributed by atoms with Crippen LogP contribution in [0.5, 0.6) is 0 Å². The SMILES string of the molecule is NC1CCCN(Cc2ccc([N+](=O)[O-])cc2F)C1. The topological polar surface area (TPSA) is 72.4 Å². The lowest BCUT2D eigenvalue weighted by Crippen LogP contribution is -2.42. The van der Waals surface area contributed by atoms with Crippen molar-refractivity contribution < 1.29 is 9.31 Å². The smallest absolute Gasteiger partial charge is 0.272 e. The van der Waals surface area contributed by atoms with E-state index in [2.05, 4.69) is 4.90 Å². The Morgan fingerprint density at radius 1 is 1.56 bits per heavy atom. The predicted molar refractivity (Wildman–Crippen MR) is 65.5 cm³/mol. The van der Waals surface area contributed by atoms with E-state index in [4.69, 9.17) is 5.73 Å². The van der Waals surface area contributed by atoms with Crippen LogP contribution < -0.4 is 5.73 Å². The highest BCUT2D eigenvalue weighted by atomic mass is 19.1. The van der Waals surface area contributed by atoms with Gasteiger partial charge in [0, 0.05) is 30.8 Å². The number of halogens is 1. The van der Waals surface area contributed by atoms with Crippen molar-refractivity contribution in [3.63, 3.8) is 0 Å². The Kier molecular flexibility index (Phi) is 3.88. The van der Waals surface area contributed by atoms with Gasteiger partial charge in [-0.1, -0.05) is 0 Å². The molecule has 6 heteroatoms. The number of hydrogen-bond acceptors (Lipinski definition) is 4. The number of non-ortho nitro benzene ring substituents is 1. The monoisotopic (exact) mass is 253 g/mol. The molecule has 0 aromatic heterocycles. The fourth-order valence-electron chi connectivity index (χ4n) is 2.25. The van der Waals surface area contributed by atoms with E-state index < -0.39 is 10.7 Å². The van der Waals surface area contributed by atoms with Gasteiger partial charge in [-0.25, -0.2) is 4.39 Å². The number of rotatable bonds is 3. The molecule has 1 aromatic carbocycles. The first-order chi connectivity index (χ1) is 8.56. The lowest BCUT2D eigenvalue weighted by molar-refractivity contribution is -0.385. The lowest BCUT2D eigenvalue weighted by Gasteiger charge is -2.30. The van der Waals surface area contributed by atoms with E-state index >= 15 is 0 Å². The molecule has 0 amide bonds. The van der Waals surface area contributed by atoms with Crippen molar-refractivity contribution in [1.82, 2.24) is 4.90 Å². The summed E-state index contributed by atoms with van der Waals surface area (Å²) in [5.41, 5.74) is 6.12. The summed E-state index contributed by atoms with van der Waals surface area (Å²) in [6.07, 6.45) is 2.01. The Morgan fingerprint density at radius 3 is 2.94 bits per heavy atom. The van der Waals surface area contributed by atoms with Gasteiger partial charge in [-0.05, 0) is 25.5 Å². The maximum absolute atomic E-state index is 13.7. The molecule has 1 aromatic rings. The minimum Gasteiger partial charge on any atom is -0.327 e. The van der Waals surface area contributed by atoms with Crippen LogP contribution in [0.25, 0.3) is 0 Å². The van der Waals surface area contributed by atoms with E-state index in [1.54, 1.807) is 0 Å². The summed E-state index contributed by atoms with van der Waals surface area (Å²) in [7, 11) is 0. The second-order valence-corrected chi connectivity index (χ2v) is 4.67. The molecule has 1 aliphatic rings. The first-order valence-corrected chi connectivity index (χ1v) is 5.97. The summed E-state index contributed by atoms with van der Waals surface area (Å²) in [6, 6.07) is 3.93. The maximum Gasteiger partial charge on any atom is 0.272 e. The second-order valence-electron chi connectivity index (χ2n) is 4.67. The first kappa shape index (κ1) is 12.9. The van der Waals surface area contributed by atoms with E-state index in [1.807, 2.05) is 0 Å². The third-order valence-corrected chi connectivity index (χ3v) is 3.18. The summed E-state index contributed by atoms with van der Waals surface area (Å²) in [4.78, 5) is 12.0. The highest BCUT2D eigenvalue weighted by Gasteiger charge is 2.18. The van der Waals surface area contributed by atoms with Gasteiger partial charge in [-0.3, -0.25) is 15.0 Å². The van der Waals surface area contributed by atoms with Crippen molar-refractivity contribution in [3.05, 3.63) is 39.7 Å². The van der Waals surface area contributed by atoms with E-state index in [0.717, 1.165) is 32.0 Å². The largest absolute Gasteiger partial charge is 0.327 e. The third-order valence-electron chi connectivity index (χ3n) is 3.18. The molecule has 1 aliphatic heterocycles. The van der Waals surface area contributed by atoms with Crippen LogP contribution in [0.15, 0.2) is 18.2 Å². The van der Waals surface area contributed by atoms with Gasteiger partial charge >= 0.3 is 0 Å². The zero-order valence-electron chi connectivity index (χ0n) is 10.0. The molecule has 0 saturated carbocycles.